The van der Waals surface area contributed by atoms with Gasteiger partial charge in [-0.15, -0.1) is 0 Å². The molecule has 0 unspecified atom stereocenters. The summed E-state index contributed by atoms with van der Waals surface area (Å²) < 4.78 is 16.8. The number of nitrogens with zero attached hydrogens (tertiary/aromatic N) is 2. The first-order valence-corrected chi connectivity index (χ1v) is 11.9. The first-order valence-electron chi connectivity index (χ1n) is 11.9. The van der Waals surface area contributed by atoms with Gasteiger partial charge in [-0.05, 0) is 38.0 Å². The predicted octanol–water partition coefficient (Wildman–Crippen LogP) is 2.40. The van der Waals surface area contributed by atoms with Gasteiger partial charge in [0.25, 0.3) is 5.91 Å². The van der Waals surface area contributed by atoms with Gasteiger partial charge in [-0.3, -0.25) is 14.4 Å². The highest BCUT2D eigenvalue weighted by molar-refractivity contribution is 6.00. The largest absolute Gasteiger partial charge is 0.491 e. The van der Waals surface area contributed by atoms with E-state index in [1.807, 2.05) is 13.8 Å². The van der Waals surface area contributed by atoms with Gasteiger partial charge in [0, 0.05) is 51.9 Å². The average Bonchev–Trinajstić information content (AvgIpc) is 2.77. The number of rotatable bonds is 5. The summed E-state index contributed by atoms with van der Waals surface area (Å²) in [6.45, 7) is 4.89. The fourth-order valence-electron chi connectivity index (χ4n) is 4.32. The lowest BCUT2D eigenvalue weighted by atomic mass is 9.85. The first kappa shape index (κ1) is 26.0. The zero-order valence-corrected chi connectivity index (χ0v) is 20.8. The standard InChI is InChI=1S/C25H37N3O6/c1-16-12-28(23(29)15-32-4)17(2)14-34-21-10-9-19(26-24(30)18-7-6-8-18)11-20(21)25(31)27(3)13-22(16)33-5/h9-11,16-18,22H,6-8,12-15H2,1-5H3,(H,26,30)/t16-,17-,22+/m1/s1. The summed E-state index contributed by atoms with van der Waals surface area (Å²) in [6.07, 6.45) is 2.59. The fourth-order valence-corrected chi connectivity index (χ4v) is 4.32. The van der Waals surface area contributed by atoms with E-state index < -0.39 is 0 Å². The van der Waals surface area contributed by atoms with E-state index in [1.54, 1.807) is 42.2 Å². The number of nitrogens with one attached hydrogen (secondary N) is 1. The summed E-state index contributed by atoms with van der Waals surface area (Å²) in [5, 5.41) is 2.93. The second kappa shape index (κ2) is 11.7. The van der Waals surface area contributed by atoms with Gasteiger partial charge in [-0.1, -0.05) is 13.3 Å². The maximum absolute atomic E-state index is 13.4. The lowest BCUT2D eigenvalue weighted by Crippen LogP contribution is -2.49. The molecule has 0 radical (unpaired) electrons. The number of benzene rings is 1. The van der Waals surface area contributed by atoms with Crippen molar-refractivity contribution in [3.05, 3.63) is 23.8 Å². The van der Waals surface area contributed by atoms with Gasteiger partial charge in [0.05, 0.1) is 17.7 Å². The molecule has 9 heteroatoms. The van der Waals surface area contributed by atoms with Gasteiger partial charge in [-0.2, -0.15) is 0 Å². The van der Waals surface area contributed by atoms with Crippen LogP contribution in [0.3, 0.4) is 0 Å². The Kier molecular flexibility index (Phi) is 8.90. The van der Waals surface area contributed by atoms with Crippen LogP contribution in [0.15, 0.2) is 18.2 Å². The van der Waals surface area contributed by atoms with Crippen molar-refractivity contribution in [3.63, 3.8) is 0 Å². The molecular weight excluding hydrogens is 438 g/mol. The van der Waals surface area contributed by atoms with Crippen LogP contribution < -0.4 is 10.1 Å². The van der Waals surface area contributed by atoms with E-state index in [4.69, 9.17) is 14.2 Å². The number of carbonyl (C=O) groups is 3. The summed E-state index contributed by atoms with van der Waals surface area (Å²) in [4.78, 5) is 41.9. The number of amides is 3. The molecule has 2 aliphatic rings. The van der Waals surface area contributed by atoms with Crippen molar-refractivity contribution in [1.82, 2.24) is 9.80 Å². The van der Waals surface area contributed by atoms with E-state index in [2.05, 4.69) is 5.32 Å². The van der Waals surface area contributed by atoms with Crippen LogP contribution in [0.25, 0.3) is 0 Å². The van der Waals surface area contributed by atoms with Gasteiger partial charge in [0.2, 0.25) is 11.8 Å². The molecule has 1 fully saturated rings. The molecule has 3 amide bonds. The van der Waals surface area contributed by atoms with Crippen LogP contribution in [0, 0.1) is 11.8 Å². The monoisotopic (exact) mass is 475 g/mol. The summed E-state index contributed by atoms with van der Waals surface area (Å²) in [6, 6.07) is 4.86. The molecule has 3 atom stereocenters. The van der Waals surface area contributed by atoms with E-state index in [0.717, 1.165) is 19.3 Å². The van der Waals surface area contributed by atoms with Crippen molar-refractivity contribution in [1.29, 1.82) is 0 Å². The van der Waals surface area contributed by atoms with Crippen molar-refractivity contribution in [2.24, 2.45) is 11.8 Å². The summed E-state index contributed by atoms with van der Waals surface area (Å²) in [5.74, 6) is 0.0504. The number of fused-ring (bicyclic) bond motifs is 1. The van der Waals surface area contributed by atoms with Gasteiger partial charge in [0.15, 0.2) is 0 Å². The van der Waals surface area contributed by atoms with E-state index in [0.29, 0.717) is 30.1 Å². The zero-order chi connectivity index (χ0) is 24.8. The quantitative estimate of drug-likeness (QED) is 0.703. The van der Waals surface area contributed by atoms with Crippen molar-refractivity contribution in [3.8, 4) is 5.75 Å². The van der Waals surface area contributed by atoms with E-state index in [1.165, 1.54) is 7.11 Å². The third-order valence-electron chi connectivity index (χ3n) is 6.78. The van der Waals surface area contributed by atoms with Crippen molar-refractivity contribution in [2.75, 3.05) is 52.9 Å². The number of methoxy groups -OCH3 is 2. The topological polar surface area (TPSA) is 97.4 Å². The summed E-state index contributed by atoms with van der Waals surface area (Å²) in [5.41, 5.74) is 0.925. The fraction of sp³-hybridized carbons (Fsp3) is 0.640. The Morgan fingerprint density at radius 3 is 2.53 bits per heavy atom. The van der Waals surface area contributed by atoms with E-state index in [-0.39, 0.29) is 54.9 Å². The smallest absolute Gasteiger partial charge is 0.257 e. The highest BCUT2D eigenvalue weighted by atomic mass is 16.5. The second-order valence-corrected chi connectivity index (χ2v) is 9.40. The van der Waals surface area contributed by atoms with Gasteiger partial charge in [0.1, 0.15) is 19.0 Å². The SMILES string of the molecule is COCC(=O)N1C[C@@H](C)[C@@H](OC)CN(C)C(=O)c2cc(NC(=O)C3CCC3)ccc2OC[C@H]1C. The highest BCUT2D eigenvalue weighted by Gasteiger charge is 2.31. The number of ether oxygens (including phenoxy) is 3. The minimum Gasteiger partial charge on any atom is -0.491 e. The van der Waals surface area contributed by atoms with Crippen LogP contribution in [-0.2, 0) is 19.1 Å². The lowest BCUT2D eigenvalue weighted by molar-refractivity contribution is -0.139. The Bertz CT molecular complexity index is 887. The number of hydrogen-bond acceptors (Lipinski definition) is 6. The van der Waals surface area contributed by atoms with E-state index >= 15 is 0 Å². The maximum Gasteiger partial charge on any atom is 0.257 e. The Balaban J connectivity index is 1.91. The molecule has 1 aliphatic heterocycles. The molecular formula is C25H37N3O6. The van der Waals surface area contributed by atoms with Crippen LogP contribution in [0.2, 0.25) is 0 Å². The van der Waals surface area contributed by atoms with Crippen LogP contribution >= 0.6 is 0 Å². The Labute approximate surface area is 201 Å². The minimum atomic E-state index is -0.274. The third-order valence-corrected chi connectivity index (χ3v) is 6.78. The molecule has 0 spiro atoms. The number of anilines is 1. The van der Waals surface area contributed by atoms with Crippen molar-refractivity contribution < 1.29 is 28.6 Å². The second-order valence-electron chi connectivity index (χ2n) is 9.40. The molecule has 1 N–H and O–H groups in total. The molecule has 1 aromatic rings. The molecule has 1 saturated carbocycles. The molecule has 1 aliphatic carbocycles. The highest BCUT2D eigenvalue weighted by Crippen LogP contribution is 2.30. The summed E-state index contributed by atoms with van der Waals surface area (Å²) >= 11 is 0. The van der Waals surface area contributed by atoms with Gasteiger partial charge < -0.3 is 29.3 Å². The molecule has 0 saturated heterocycles. The molecule has 0 aromatic heterocycles. The molecule has 1 heterocycles. The molecule has 9 nitrogen and oxygen atoms in total. The zero-order valence-electron chi connectivity index (χ0n) is 20.8. The molecule has 1 aromatic carbocycles. The third kappa shape index (κ3) is 6.07. The molecule has 3 rings (SSSR count). The number of carbonyl (C=O) groups excluding carboxylic acids is 3. The van der Waals surface area contributed by atoms with Crippen LogP contribution in [0.4, 0.5) is 5.69 Å². The van der Waals surface area contributed by atoms with Gasteiger partial charge in [-0.25, -0.2) is 0 Å². The normalized spacial score (nSPS) is 24.3. The lowest BCUT2D eigenvalue weighted by Gasteiger charge is -2.36. The van der Waals surface area contributed by atoms with Crippen LogP contribution in [0.5, 0.6) is 5.75 Å². The molecule has 0 bridgehead atoms. The predicted molar refractivity (Wildman–Crippen MR) is 128 cm³/mol. The molecule has 188 valence electrons. The van der Waals surface area contributed by atoms with Crippen molar-refractivity contribution >= 4 is 23.4 Å². The van der Waals surface area contributed by atoms with Crippen LogP contribution in [0.1, 0.15) is 43.5 Å². The molecule has 34 heavy (non-hydrogen) atoms. The Morgan fingerprint density at radius 1 is 1.18 bits per heavy atom. The maximum atomic E-state index is 13.4. The van der Waals surface area contributed by atoms with Crippen molar-refractivity contribution in [2.45, 2.75) is 45.3 Å². The van der Waals surface area contributed by atoms with Crippen LogP contribution in [-0.4, -0.2) is 87.2 Å². The summed E-state index contributed by atoms with van der Waals surface area (Å²) in [7, 11) is 4.82. The first-order chi connectivity index (χ1) is 16.2. The number of hydrogen-bond donors (Lipinski definition) is 1. The number of likely N-dealkylation sites (N-methyl/N-ethyl adjacent to an activating group) is 1. The van der Waals surface area contributed by atoms with Gasteiger partial charge >= 0.3 is 0 Å². The minimum absolute atomic E-state index is 0.0183. The Morgan fingerprint density at radius 2 is 1.91 bits per heavy atom. The Hall–Kier alpha value is -2.65. The van der Waals surface area contributed by atoms with E-state index in [9.17, 15) is 14.4 Å². The average molecular weight is 476 g/mol.